The zero-order valence-corrected chi connectivity index (χ0v) is 12.5. The zero-order chi connectivity index (χ0) is 14.7. The minimum absolute atomic E-state index is 0.446. The molecule has 1 fully saturated rings. The molecule has 0 amide bonds. The van der Waals surface area contributed by atoms with E-state index < -0.39 is 0 Å². The van der Waals surface area contributed by atoms with Crippen LogP contribution in [0.25, 0.3) is 0 Å². The first-order chi connectivity index (χ1) is 10.2. The number of hydrogen-bond acceptors (Lipinski definition) is 4. The summed E-state index contributed by atoms with van der Waals surface area (Å²) in [6.07, 6.45) is 6.36. The van der Waals surface area contributed by atoms with Gasteiger partial charge in [-0.05, 0) is 44.0 Å². The first-order valence-corrected chi connectivity index (χ1v) is 7.63. The summed E-state index contributed by atoms with van der Waals surface area (Å²) >= 11 is 0. The van der Waals surface area contributed by atoms with Crippen molar-refractivity contribution in [2.24, 2.45) is 0 Å². The predicted molar refractivity (Wildman–Crippen MR) is 82.1 cm³/mol. The van der Waals surface area contributed by atoms with Gasteiger partial charge in [-0.25, -0.2) is 0 Å². The van der Waals surface area contributed by atoms with E-state index in [9.17, 15) is 0 Å². The molecule has 2 aromatic rings. The van der Waals surface area contributed by atoms with Crippen LogP contribution in [-0.4, -0.2) is 14.8 Å². The van der Waals surface area contributed by atoms with Gasteiger partial charge in [-0.2, -0.15) is 0 Å². The van der Waals surface area contributed by atoms with E-state index in [-0.39, 0.29) is 0 Å². The molecule has 112 valence electrons. The Morgan fingerprint density at radius 2 is 1.86 bits per heavy atom. The molecule has 1 heterocycles. The lowest BCUT2D eigenvalue weighted by atomic mass is 9.95. The van der Waals surface area contributed by atoms with Gasteiger partial charge in [-0.1, -0.05) is 19.3 Å². The normalized spacial score (nSPS) is 16.0. The summed E-state index contributed by atoms with van der Waals surface area (Å²) in [5, 5.41) is 8.52. The van der Waals surface area contributed by atoms with Gasteiger partial charge in [0, 0.05) is 11.7 Å². The third-order valence-corrected chi connectivity index (χ3v) is 4.12. The molecule has 0 aliphatic heterocycles. The Bertz CT molecular complexity index is 585. The SMILES string of the molecule is Cc1nnc(COc2ccc(N)cc2)n1C1CCCCC1. The van der Waals surface area contributed by atoms with E-state index in [4.69, 9.17) is 10.5 Å². The van der Waals surface area contributed by atoms with Crippen LogP contribution in [0.5, 0.6) is 5.75 Å². The summed E-state index contributed by atoms with van der Waals surface area (Å²) in [5.74, 6) is 2.70. The highest BCUT2D eigenvalue weighted by Crippen LogP contribution is 2.30. The van der Waals surface area contributed by atoms with E-state index in [0.29, 0.717) is 12.6 Å². The highest BCUT2D eigenvalue weighted by Gasteiger charge is 2.21. The van der Waals surface area contributed by atoms with E-state index in [1.165, 1.54) is 32.1 Å². The molecule has 0 spiro atoms. The summed E-state index contributed by atoms with van der Waals surface area (Å²) < 4.78 is 8.07. The molecule has 21 heavy (non-hydrogen) atoms. The maximum absolute atomic E-state index is 5.81. The predicted octanol–water partition coefficient (Wildman–Crippen LogP) is 3.25. The van der Waals surface area contributed by atoms with E-state index in [2.05, 4.69) is 14.8 Å². The molecule has 5 heteroatoms. The van der Waals surface area contributed by atoms with Gasteiger partial charge in [0.2, 0.25) is 0 Å². The molecule has 2 N–H and O–H groups in total. The van der Waals surface area contributed by atoms with Crippen LogP contribution in [0, 0.1) is 6.92 Å². The average Bonchev–Trinajstić information content (AvgIpc) is 2.88. The molecule has 0 saturated heterocycles. The van der Waals surface area contributed by atoms with Crippen molar-refractivity contribution in [3.8, 4) is 5.75 Å². The Hall–Kier alpha value is -2.04. The number of nitrogen functional groups attached to an aromatic ring is 1. The molecular weight excluding hydrogens is 264 g/mol. The van der Waals surface area contributed by atoms with Crippen molar-refractivity contribution in [3.05, 3.63) is 35.9 Å². The van der Waals surface area contributed by atoms with Crippen LogP contribution in [-0.2, 0) is 6.61 Å². The molecule has 0 atom stereocenters. The van der Waals surface area contributed by atoms with Gasteiger partial charge in [-0.3, -0.25) is 0 Å². The van der Waals surface area contributed by atoms with Crippen LogP contribution < -0.4 is 10.5 Å². The fourth-order valence-corrected chi connectivity index (χ4v) is 3.04. The quantitative estimate of drug-likeness (QED) is 0.876. The first kappa shape index (κ1) is 13.9. The molecule has 1 aliphatic carbocycles. The van der Waals surface area contributed by atoms with Gasteiger partial charge >= 0.3 is 0 Å². The lowest BCUT2D eigenvalue weighted by Gasteiger charge is -2.25. The Morgan fingerprint density at radius 1 is 1.14 bits per heavy atom. The largest absolute Gasteiger partial charge is 0.486 e. The number of anilines is 1. The topological polar surface area (TPSA) is 66.0 Å². The number of nitrogens with two attached hydrogens (primary N) is 1. The summed E-state index contributed by atoms with van der Waals surface area (Å²) in [5.41, 5.74) is 6.42. The highest BCUT2D eigenvalue weighted by molar-refractivity contribution is 5.41. The third-order valence-electron chi connectivity index (χ3n) is 4.12. The number of aryl methyl sites for hydroxylation is 1. The maximum Gasteiger partial charge on any atom is 0.171 e. The van der Waals surface area contributed by atoms with Gasteiger partial charge in [0.1, 0.15) is 18.2 Å². The van der Waals surface area contributed by atoms with E-state index in [1.54, 1.807) is 0 Å². The molecule has 3 rings (SSSR count). The van der Waals surface area contributed by atoms with Crippen LogP contribution in [0.4, 0.5) is 5.69 Å². The lowest BCUT2D eigenvalue weighted by Crippen LogP contribution is -2.18. The third kappa shape index (κ3) is 3.17. The summed E-state index contributed by atoms with van der Waals surface area (Å²) in [7, 11) is 0. The molecule has 1 aromatic heterocycles. The van der Waals surface area contributed by atoms with Gasteiger partial charge in [0.25, 0.3) is 0 Å². The number of ether oxygens (including phenoxy) is 1. The second kappa shape index (κ2) is 6.16. The number of rotatable bonds is 4. The number of benzene rings is 1. The highest BCUT2D eigenvalue weighted by atomic mass is 16.5. The number of nitrogens with zero attached hydrogens (tertiary/aromatic N) is 3. The fourth-order valence-electron chi connectivity index (χ4n) is 3.04. The average molecular weight is 286 g/mol. The second-order valence-corrected chi connectivity index (χ2v) is 5.68. The van der Waals surface area contributed by atoms with E-state index in [0.717, 1.165) is 23.1 Å². The van der Waals surface area contributed by atoms with Crippen LogP contribution in [0.15, 0.2) is 24.3 Å². The molecular formula is C16H22N4O. The molecule has 5 nitrogen and oxygen atoms in total. The second-order valence-electron chi connectivity index (χ2n) is 5.68. The number of aromatic nitrogens is 3. The molecule has 0 radical (unpaired) electrons. The van der Waals surface area contributed by atoms with Crippen molar-refractivity contribution >= 4 is 5.69 Å². The molecule has 0 bridgehead atoms. The standard InChI is InChI=1S/C16H22N4O/c1-12-18-19-16(20(12)14-5-3-2-4-6-14)11-21-15-9-7-13(17)8-10-15/h7-10,14H,2-6,11,17H2,1H3. The number of hydrogen-bond donors (Lipinski definition) is 1. The van der Waals surface area contributed by atoms with Crippen molar-refractivity contribution in [1.29, 1.82) is 0 Å². The van der Waals surface area contributed by atoms with Crippen LogP contribution in [0.3, 0.4) is 0 Å². The lowest BCUT2D eigenvalue weighted by molar-refractivity contribution is 0.270. The van der Waals surface area contributed by atoms with Gasteiger partial charge in [-0.15, -0.1) is 10.2 Å². The first-order valence-electron chi connectivity index (χ1n) is 7.63. The van der Waals surface area contributed by atoms with Crippen molar-refractivity contribution < 1.29 is 4.74 Å². The molecule has 0 unspecified atom stereocenters. The summed E-state index contributed by atoms with van der Waals surface area (Å²) in [6.45, 7) is 2.47. The van der Waals surface area contributed by atoms with Crippen LogP contribution in [0.2, 0.25) is 0 Å². The fraction of sp³-hybridized carbons (Fsp3) is 0.500. The summed E-state index contributed by atoms with van der Waals surface area (Å²) in [4.78, 5) is 0. The van der Waals surface area contributed by atoms with Crippen molar-refractivity contribution in [3.63, 3.8) is 0 Å². The Balaban J connectivity index is 1.71. The van der Waals surface area contributed by atoms with Crippen molar-refractivity contribution in [2.75, 3.05) is 5.73 Å². The van der Waals surface area contributed by atoms with Crippen molar-refractivity contribution in [1.82, 2.24) is 14.8 Å². The van der Waals surface area contributed by atoms with Gasteiger partial charge < -0.3 is 15.0 Å². The Kier molecular flexibility index (Phi) is 4.08. The monoisotopic (exact) mass is 286 g/mol. The smallest absolute Gasteiger partial charge is 0.171 e. The summed E-state index contributed by atoms with van der Waals surface area (Å²) in [6, 6.07) is 7.96. The van der Waals surface area contributed by atoms with E-state index in [1.807, 2.05) is 31.2 Å². The molecule has 1 aliphatic rings. The van der Waals surface area contributed by atoms with Gasteiger partial charge in [0.05, 0.1) is 0 Å². The molecule has 1 saturated carbocycles. The van der Waals surface area contributed by atoms with Crippen LogP contribution >= 0.6 is 0 Å². The van der Waals surface area contributed by atoms with Gasteiger partial charge in [0.15, 0.2) is 5.82 Å². The molecule has 1 aromatic carbocycles. The van der Waals surface area contributed by atoms with E-state index >= 15 is 0 Å². The Labute approximate surface area is 125 Å². The van der Waals surface area contributed by atoms with Crippen LogP contribution in [0.1, 0.15) is 49.8 Å². The van der Waals surface area contributed by atoms with Crippen molar-refractivity contribution in [2.45, 2.75) is 51.7 Å². The minimum Gasteiger partial charge on any atom is -0.486 e. The minimum atomic E-state index is 0.446. The Morgan fingerprint density at radius 3 is 2.57 bits per heavy atom. The zero-order valence-electron chi connectivity index (χ0n) is 12.5. The maximum atomic E-state index is 5.81.